The van der Waals surface area contributed by atoms with Gasteiger partial charge < -0.3 is 19.5 Å². The Balaban J connectivity index is 1.20. The topological polar surface area (TPSA) is 75.7 Å². The fourth-order valence-corrected chi connectivity index (χ4v) is 6.51. The fraction of sp³-hybridized carbons (Fsp3) is 0.323. The van der Waals surface area contributed by atoms with E-state index in [1.807, 2.05) is 30.3 Å². The SMILES string of the molecule is Cc1ccc(CO)cc1C1CC(O)(c2ccc(OCc3c(-c4c(Cl)cccc4Cl)noc3C3CC3)cc2Cl)C1. The third-order valence-electron chi connectivity index (χ3n) is 7.93. The smallest absolute Gasteiger partial charge is 0.147 e. The molecule has 0 amide bonds. The van der Waals surface area contributed by atoms with Gasteiger partial charge >= 0.3 is 0 Å². The van der Waals surface area contributed by atoms with Crippen LogP contribution in [-0.4, -0.2) is 15.4 Å². The van der Waals surface area contributed by atoms with Crippen LogP contribution in [-0.2, 0) is 18.8 Å². The van der Waals surface area contributed by atoms with Crippen LogP contribution in [0.1, 0.15) is 71.1 Å². The largest absolute Gasteiger partial charge is 0.489 e. The Hall–Kier alpha value is -2.54. The van der Waals surface area contributed by atoms with E-state index in [-0.39, 0.29) is 19.1 Å². The number of rotatable bonds is 8. The third-order valence-corrected chi connectivity index (χ3v) is 8.87. The standard InChI is InChI=1S/C31H28Cl3NO4/c1-17-5-6-18(15-36)11-22(17)20-13-31(37,14-20)24-10-9-21(12-27(24)34)38-16-23-29(35-39-30(23)19-7-8-19)28-25(32)3-2-4-26(28)33/h2-6,9-12,19-20,36-37H,7-8,13-16H2,1H3. The van der Waals surface area contributed by atoms with E-state index >= 15 is 0 Å². The van der Waals surface area contributed by atoms with E-state index in [4.69, 9.17) is 44.1 Å². The van der Waals surface area contributed by atoms with E-state index in [1.54, 1.807) is 24.3 Å². The molecule has 4 aromatic rings. The van der Waals surface area contributed by atoms with Gasteiger partial charge in [-0.25, -0.2) is 0 Å². The number of nitrogens with zero attached hydrogens (tertiary/aromatic N) is 1. The van der Waals surface area contributed by atoms with Gasteiger partial charge in [-0.3, -0.25) is 0 Å². The Bertz CT molecular complexity index is 1520. The van der Waals surface area contributed by atoms with Gasteiger partial charge in [-0.2, -0.15) is 0 Å². The number of aliphatic hydroxyl groups is 2. The Morgan fingerprint density at radius 1 is 0.974 bits per heavy atom. The second-order valence-electron chi connectivity index (χ2n) is 10.7. The van der Waals surface area contributed by atoms with Crippen molar-refractivity contribution >= 4 is 34.8 Å². The number of hydrogen-bond donors (Lipinski definition) is 2. The van der Waals surface area contributed by atoms with Crippen molar-refractivity contribution in [3.8, 4) is 17.0 Å². The molecule has 2 aliphatic carbocycles. The van der Waals surface area contributed by atoms with Gasteiger partial charge in [0.1, 0.15) is 23.8 Å². The molecule has 0 saturated heterocycles. The summed E-state index contributed by atoms with van der Waals surface area (Å²) in [7, 11) is 0. The summed E-state index contributed by atoms with van der Waals surface area (Å²) >= 11 is 19.6. The van der Waals surface area contributed by atoms with Gasteiger partial charge in [-0.1, -0.05) is 70.3 Å². The molecule has 6 rings (SSSR count). The van der Waals surface area contributed by atoms with Crippen LogP contribution in [0.15, 0.2) is 59.1 Å². The molecule has 1 heterocycles. The molecule has 0 spiro atoms. The molecule has 2 aliphatic rings. The molecule has 5 nitrogen and oxygen atoms in total. The highest BCUT2D eigenvalue weighted by molar-refractivity contribution is 6.39. The summed E-state index contributed by atoms with van der Waals surface area (Å²) in [5.74, 6) is 1.91. The summed E-state index contributed by atoms with van der Waals surface area (Å²) in [5.41, 5.74) is 4.93. The first kappa shape index (κ1) is 26.7. The lowest BCUT2D eigenvalue weighted by Gasteiger charge is -2.45. The highest BCUT2D eigenvalue weighted by Gasteiger charge is 2.46. The first-order valence-corrected chi connectivity index (χ1v) is 14.2. The maximum Gasteiger partial charge on any atom is 0.147 e. The lowest BCUT2D eigenvalue weighted by Crippen LogP contribution is -2.40. The van der Waals surface area contributed by atoms with Crippen LogP contribution in [0.2, 0.25) is 15.1 Å². The average molecular weight is 585 g/mol. The zero-order valence-corrected chi connectivity index (χ0v) is 23.7. The number of ether oxygens (including phenoxy) is 1. The van der Waals surface area contributed by atoms with Gasteiger partial charge in [0.25, 0.3) is 0 Å². The van der Waals surface area contributed by atoms with Crippen LogP contribution in [0, 0.1) is 6.92 Å². The lowest BCUT2D eigenvalue weighted by molar-refractivity contribution is -0.0550. The molecule has 8 heteroatoms. The van der Waals surface area contributed by atoms with Crippen molar-refractivity contribution in [1.29, 1.82) is 0 Å². The number of aryl methyl sites for hydroxylation is 1. The van der Waals surface area contributed by atoms with Crippen LogP contribution < -0.4 is 4.74 Å². The van der Waals surface area contributed by atoms with E-state index in [9.17, 15) is 10.2 Å². The fourth-order valence-electron chi connectivity index (χ4n) is 5.59. The maximum absolute atomic E-state index is 11.4. The van der Waals surface area contributed by atoms with Gasteiger partial charge in [-0.15, -0.1) is 0 Å². The molecule has 2 N–H and O–H groups in total. The third kappa shape index (κ3) is 5.07. The summed E-state index contributed by atoms with van der Waals surface area (Å²) in [4.78, 5) is 0. The van der Waals surface area contributed by atoms with Crippen molar-refractivity contribution in [3.05, 3.63) is 103 Å². The van der Waals surface area contributed by atoms with E-state index in [0.717, 1.165) is 40.9 Å². The van der Waals surface area contributed by atoms with Crippen molar-refractivity contribution in [2.45, 2.75) is 63.3 Å². The number of aliphatic hydroxyl groups excluding tert-OH is 1. The van der Waals surface area contributed by atoms with Gasteiger partial charge in [0.2, 0.25) is 0 Å². The van der Waals surface area contributed by atoms with E-state index in [0.29, 0.717) is 56.4 Å². The second kappa shape index (κ2) is 10.5. The number of aromatic nitrogens is 1. The van der Waals surface area contributed by atoms with Gasteiger partial charge in [0.05, 0.1) is 32.8 Å². The predicted octanol–water partition coefficient (Wildman–Crippen LogP) is 8.32. The number of benzene rings is 3. The molecule has 2 fully saturated rings. The van der Waals surface area contributed by atoms with Crippen molar-refractivity contribution in [2.75, 3.05) is 0 Å². The Morgan fingerprint density at radius 2 is 1.72 bits per heavy atom. The van der Waals surface area contributed by atoms with Gasteiger partial charge in [-0.05, 0) is 79.5 Å². The summed E-state index contributed by atoms with van der Waals surface area (Å²) in [6.45, 7) is 2.28. The first-order chi connectivity index (χ1) is 18.8. The molecular weight excluding hydrogens is 557 g/mol. The molecule has 0 aliphatic heterocycles. The molecule has 3 aromatic carbocycles. The van der Waals surface area contributed by atoms with Crippen molar-refractivity contribution in [3.63, 3.8) is 0 Å². The first-order valence-electron chi connectivity index (χ1n) is 13.1. The zero-order valence-electron chi connectivity index (χ0n) is 21.4. The van der Waals surface area contributed by atoms with Gasteiger partial charge in [0.15, 0.2) is 0 Å². The van der Waals surface area contributed by atoms with Crippen LogP contribution in [0.5, 0.6) is 5.75 Å². The van der Waals surface area contributed by atoms with E-state index in [2.05, 4.69) is 12.1 Å². The molecular formula is C31H28Cl3NO4. The minimum Gasteiger partial charge on any atom is -0.489 e. The zero-order chi connectivity index (χ0) is 27.3. The van der Waals surface area contributed by atoms with Crippen LogP contribution in [0.25, 0.3) is 11.3 Å². The van der Waals surface area contributed by atoms with Crippen LogP contribution in [0.4, 0.5) is 0 Å². The normalized spacial score (nSPS) is 20.6. The monoisotopic (exact) mass is 583 g/mol. The van der Waals surface area contributed by atoms with Crippen LogP contribution >= 0.6 is 34.8 Å². The highest BCUT2D eigenvalue weighted by Crippen LogP contribution is 2.53. The summed E-state index contributed by atoms with van der Waals surface area (Å²) in [5, 5.41) is 26.7. The second-order valence-corrected chi connectivity index (χ2v) is 11.9. The Morgan fingerprint density at radius 3 is 2.38 bits per heavy atom. The van der Waals surface area contributed by atoms with Crippen molar-refractivity contribution in [1.82, 2.24) is 5.16 Å². The summed E-state index contributed by atoms with van der Waals surface area (Å²) in [6, 6.07) is 16.7. The molecule has 39 heavy (non-hydrogen) atoms. The van der Waals surface area contributed by atoms with E-state index < -0.39 is 5.60 Å². The number of hydrogen-bond acceptors (Lipinski definition) is 5. The van der Waals surface area contributed by atoms with Crippen molar-refractivity contribution < 1.29 is 19.5 Å². The predicted molar refractivity (Wildman–Crippen MR) is 153 cm³/mol. The number of halogens is 3. The summed E-state index contributed by atoms with van der Waals surface area (Å²) in [6.07, 6.45) is 3.22. The maximum atomic E-state index is 11.4. The minimum absolute atomic E-state index is 0.00150. The minimum atomic E-state index is -1.01. The molecule has 0 unspecified atom stereocenters. The lowest BCUT2D eigenvalue weighted by atomic mass is 9.64. The molecule has 0 bridgehead atoms. The molecule has 1 aromatic heterocycles. The molecule has 202 valence electrons. The molecule has 0 radical (unpaired) electrons. The van der Waals surface area contributed by atoms with E-state index in [1.165, 1.54) is 0 Å². The van der Waals surface area contributed by atoms with Crippen LogP contribution in [0.3, 0.4) is 0 Å². The Labute approximate surface area is 242 Å². The summed E-state index contributed by atoms with van der Waals surface area (Å²) < 4.78 is 11.9. The highest BCUT2D eigenvalue weighted by atomic mass is 35.5. The van der Waals surface area contributed by atoms with Crippen molar-refractivity contribution in [2.24, 2.45) is 0 Å². The molecule has 2 saturated carbocycles. The van der Waals surface area contributed by atoms with Gasteiger partial charge in [0, 0.05) is 17.0 Å². The molecule has 0 atom stereocenters. The average Bonchev–Trinajstić information content (AvgIpc) is 3.66. The Kier molecular flexibility index (Phi) is 7.15. The quantitative estimate of drug-likeness (QED) is 0.218.